The summed E-state index contributed by atoms with van der Waals surface area (Å²) >= 11 is 1.57. The number of fused-ring (bicyclic) bond motifs is 1. The molecule has 3 rings (SSSR count). The Kier molecular flexibility index (Phi) is 3.90. The SMILES string of the molecule is C=C(OC)C(=O)OC1C=CC2=C(Cc3ccccc3S2)C1=O. The van der Waals surface area contributed by atoms with Crippen LogP contribution in [0.2, 0.25) is 0 Å². The molecule has 1 aromatic carbocycles. The lowest BCUT2D eigenvalue weighted by Gasteiger charge is -2.25. The molecule has 112 valence electrons. The van der Waals surface area contributed by atoms with Gasteiger partial charge in [0.15, 0.2) is 11.9 Å². The molecule has 1 unspecified atom stereocenters. The van der Waals surface area contributed by atoms with Gasteiger partial charge >= 0.3 is 5.97 Å². The fourth-order valence-electron chi connectivity index (χ4n) is 2.34. The van der Waals surface area contributed by atoms with Crippen LogP contribution in [-0.4, -0.2) is 25.0 Å². The minimum absolute atomic E-state index is 0.121. The maximum atomic E-state index is 12.5. The second-order valence-electron chi connectivity index (χ2n) is 4.91. The summed E-state index contributed by atoms with van der Waals surface area (Å²) in [5.74, 6) is -1.03. The number of hydrogen-bond acceptors (Lipinski definition) is 5. The molecule has 1 aliphatic heterocycles. The normalized spacial score (nSPS) is 19.3. The van der Waals surface area contributed by atoms with Gasteiger partial charge in [0.25, 0.3) is 0 Å². The molecule has 5 heteroatoms. The maximum absolute atomic E-state index is 12.5. The number of ether oxygens (including phenoxy) is 2. The van der Waals surface area contributed by atoms with Gasteiger partial charge in [-0.2, -0.15) is 0 Å². The third kappa shape index (κ3) is 2.60. The summed E-state index contributed by atoms with van der Waals surface area (Å²) in [6, 6.07) is 7.98. The van der Waals surface area contributed by atoms with Gasteiger partial charge in [0, 0.05) is 21.8 Å². The van der Waals surface area contributed by atoms with Gasteiger partial charge in [0.1, 0.15) is 0 Å². The molecule has 4 nitrogen and oxygen atoms in total. The highest BCUT2D eigenvalue weighted by Gasteiger charge is 2.32. The van der Waals surface area contributed by atoms with Gasteiger partial charge in [-0.05, 0) is 30.4 Å². The predicted molar refractivity (Wildman–Crippen MR) is 83.2 cm³/mol. The van der Waals surface area contributed by atoms with Crippen molar-refractivity contribution in [2.24, 2.45) is 0 Å². The molecule has 22 heavy (non-hydrogen) atoms. The van der Waals surface area contributed by atoms with E-state index in [1.54, 1.807) is 17.8 Å². The number of methoxy groups -OCH3 is 1. The molecular weight excluding hydrogens is 300 g/mol. The number of allylic oxidation sites excluding steroid dienone is 1. The summed E-state index contributed by atoms with van der Waals surface area (Å²) in [6.07, 6.45) is 3.08. The van der Waals surface area contributed by atoms with Crippen LogP contribution in [0, 0.1) is 0 Å². The van der Waals surface area contributed by atoms with E-state index in [1.165, 1.54) is 7.11 Å². The lowest BCUT2D eigenvalue weighted by molar-refractivity contribution is -0.150. The third-order valence-corrected chi connectivity index (χ3v) is 4.76. The van der Waals surface area contributed by atoms with Crippen molar-refractivity contribution in [3.8, 4) is 0 Å². The molecule has 1 atom stereocenters. The Morgan fingerprint density at radius 3 is 2.91 bits per heavy atom. The summed E-state index contributed by atoms with van der Waals surface area (Å²) in [4.78, 5) is 26.3. The number of hydrogen-bond donors (Lipinski definition) is 0. The second kappa shape index (κ2) is 5.85. The van der Waals surface area contributed by atoms with E-state index in [0.717, 1.165) is 15.4 Å². The zero-order valence-corrected chi connectivity index (χ0v) is 12.8. The monoisotopic (exact) mass is 314 g/mol. The first-order chi connectivity index (χ1) is 10.6. The van der Waals surface area contributed by atoms with E-state index in [-0.39, 0.29) is 11.5 Å². The second-order valence-corrected chi connectivity index (χ2v) is 5.99. The quantitative estimate of drug-likeness (QED) is 0.488. The Morgan fingerprint density at radius 2 is 2.14 bits per heavy atom. The number of Topliss-reactive ketones (excluding diaryl/α,β-unsaturated/α-hetero) is 1. The van der Waals surface area contributed by atoms with Gasteiger partial charge < -0.3 is 9.47 Å². The van der Waals surface area contributed by atoms with Gasteiger partial charge in [0.2, 0.25) is 5.78 Å². The number of thioether (sulfide) groups is 1. The minimum atomic E-state index is -0.913. The summed E-state index contributed by atoms with van der Waals surface area (Å²) in [6.45, 7) is 3.43. The Bertz CT molecular complexity index is 730. The first kappa shape index (κ1) is 14.7. The molecule has 1 aromatic rings. The van der Waals surface area contributed by atoms with Gasteiger partial charge in [-0.25, -0.2) is 4.79 Å². The Hall–Kier alpha value is -2.27. The number of carbonyl (C=O) groups is 2. The zero-order valence-electron chi connectivity index (χ0n) is 12.0. The van der Waals surface area contributed by atoms with Crippen LogP contribution in [0.15, 0.2) is 64.1 Å². The fourth-order valence-corrected chi connectivity index (χ4v) is 3.44. The molecule has 0 amide bonds. The minimum Gasteiger partial charge on any atom is -0.490 e. The van der Waals surface area contributed by atoms with Crippen LogP contribution in [0.4, 0.5) is 0 Å². The molecular formula is C17H14O4S. The Labute approximate surface area is 132 Å². The van der Waals surface area contributed by atoms with Gasteiger partial charge in [0.05, 0.1) is 7.11 Å². The molecule has 0 bridgehead atoms. The average molecular weight is 314 g/mol. The molecule has 0 N–H and O–H groups in total. The van der Waals surface area contributed by atoms with Crippen molar-refractivity contribution in [1.82, 2.24) is 0 Å². The van der Waals surface area contributed by atoms with Gasteiger partial charge in [-0.3, -0.25) is 4.79 Å². The smallest absolute Gasteiger partial charge is 0.373 e. The van der Waals surface area contributed by atoms with Crippen molar-refractivity contribution in [1.29, 1.82) is 0 Å². The highest BCUT2D eigenvalue weighted by molar-refractivity contribution is 8.03. The lowest BCUT2D eigenvalue weighted by Crippen LogP contribution is -2.31. The largest absolute Gasteiger partial charge is 0.490 e. The molecule has 2 aliphatic rings. The highest BCUT2D eigenvalue weighted by Crippen LogP contribution is 2.41. The molecule has 0 aromatic heterocycles. The van der Waals surface area contributed by atoms with Crippen LogP contribution >= 0.6 is 11.8 Å². The molecule has 0 radical (unpaired) electrons. The number of ketones is 1. The molecule has 0 fully saturated rings. The van der Waals surface area contributed by atoms with Crippen LogP contribution in [0.3, 0.4) is 0 Å². The van der Waals surface area contributed by atoms with Crippen molar-refractivity contribution in [2.45, 2.75) is 17.4 Å². The summed E-state index contributed by atoms with van der Waals surface area (Å²) in [7, 11) is 1.33. The van der Waals surface area contributed by atoms with E-state index in [0.29, 0.717) is 12.0 Å². The lowest BCUT2D eigenvalue weighted by atomic mass is 9.94. The van der Waals surface area contributed by atoms with Crippen molar-refractivity contribution in [3.63, 3.8) is 0 Å². The number of benzene rings is 1. The number of rotatable bonds is 3. The molecule has 1 heterocycles. The van der Waals surface area contributed by atoms with E-state index < -0.39 is 12.1 Å². The first-order valence-electron chi connectivity index (χ1n) is 6.75. The molecule has 0 spiro atoms. The Morgan fingerprint density at radius 1 is 1.36 bits per heavy atom. The van der Waals surface area contributed by atoms with Gasteiger partial charge in [-0.15, -0.1) is 0 Å². The van der Waals surface area contributed by atoms with Crippen molar-refractivity contribution in [2.75, 3.05) is 7.11 Å². The molecule has 1 aliphatic carbocycles. The topological polar surface area (TPSA) is 52.6 Å². The number of esters is 1. The van der Waals surface area contributed by atoms with Crippen molar-refractivity contribution < 1.29 is 19.1 Å². The molecule has 0 saturated heterocycles. The summed E-state index contributed by atoms with van der Waals surface area (Å²) < 4.78 is 9.87. The van der Waals surface area contributed by atoms with E-state index in [2.05, 4.69) is 6.58 Å². The van der Waals surface area contributed by atoms with Crippen molar-refractivity contribution in [3.05, 3.63) is 64.8 Å². The van der Waals surface area contributed by atoms with E-state index in [1.807, 2.05) is 30.3 Å². The fraction of sp³-hybridized carbons (Fsp3) is 0.176. The standard InChI is InChI=1S/C17H14O4S/c1-10(20-2)17(19)21-13-7-8-15-12(16(13)18)9-11-5-3-4-6-14(11)22-15/h3-8,13H,1,9H2,2H3. The van der Waals surface area contributed by atoms with Crippen molar-refractivity contribution >= 4 is 23.5 Å². The van der Waals surface area contributed by atoms with E-state index >= 15 is 0 Å². The third-order valence-electron chi connectivity index (χ3n) is 3.54. The zero-order chi connectivity index (χ0) is 15.7. The first-order valence-corrected chi connectivity index (χ1v) is 7.57. The Balaban J connectivity index is 1.80. The van der Waals surface area contributed by atoms with Crippen LogP contribution in [0.1, 0.15) is 5.56 Å². The summed E-state index contributed by atoms with van der Waals surface area (Å²) in [5, 5.41) is 0. The van der Waals surface area contributed by atoms with Gasteiger partial charge in [-0.1, -0.05) is 30.0 Å². The van der Waals surface area contributed by atoms with Crippen LogP contribution in [-0.2, 0) is 25.5 Å². The van der Waals surface area contributed by atoms with Crippen LogP contribution in [0.25, 0.3) is 0 Å². The summed E-state index contributed by atoms with van der Waals surface area (Å²) in [5.41, 5.74) is 1.80. The highest BCUT2D eigenvalue weighted by atomic mass is 32.2. The van der Waals surface area contributed by atoms with E-state index in [9.17, 15) is 9.59 Å². The number of carbonyl (C=O) groups excluding carboxylic acids is 2. The maximum Gasteiger partial charge on any atom is 0.373 e. The van der Waals surface area contributed by atoms with Crippen LogP contribution < -0.4 is 0 Å². The van der Waals surface area contributed by atoms with Crippen LogP contribution in [0.5, 0.6) is 0 Å². The average Bonchev–Trinajstić information content (AvgIpc) is 2.55. The van der Waals surface area contributed by atoms with E-state index in [4.69, 9.17) is 9.47 Å². The predicted octanol–water partition coefficient (Wildman–Crippen LogP) is 2.80. The molecule has 0 saturated carbocycles.